The van der Waals surface area contributed by atoms with Crippen molar-refractivity contribution in [3.8, 4) is 5.75 Å². The monoisotopic (exact) mass is 368 g/mol. The molecule has 0 bridgehead atoms. The molecule has 1 aromatic rings. The van der Waals surface area contributed by atoms with Crippen LogP contribution in [0.4, 0.5) is 0 Å². The third kappa shape index (κ3) is 3.54. The number of carbonyl (C=O) groups is 3. The largest absolute Gasteiger partial charge is 0.509 e. The van der Waals surface area contributed by atoms with Crippen molar-refractivity contribution in [3.63, 3.8) is 0 Å². The Morgan fingerprint density at radius 2 is 2.00 bits per heavy atom. The number of amides is 2. The van der Waals surface area contributed by atoms with Gasteiger partial charge in [-0.05, 0) is 12.1 Å². The van der Waals surface area contributed by atoms with Crippen LogP contribution in [0.3, 0.4) is 0 Å². The van der Waals surface area contributed by atoms with Gasteiger partial charge in [-0.2, -0.15) is 0 Å². The van der Waals surface area contributed by atoms with Crippen LogP contribution < -0.4 is 10.1 Å². The number of carbonyl (C=O) groups excluding carboxylic acids is 2. The number of hydrogen-bond donors (Lipinski definition) is 3. The highest BCUT2D eigenvalue weighted by Gasteiger charge is 2.54. The number of nitrogens with one attached hydrogen (secondary N) is 1. The maximum Gasteiger partial charge on any atom is 0.356 e. The average molecular weight is 368 g/mol. The summed E-state index contributed by atoms with van der Waals surface area (Å²) in [5.41, 5.74) is -0.421. The molecule has 2 atom stereocenters. The second-order valence-electron chi connectivity index (χ2n) is 5.16. The predicted octanol–water partition coefficient (Wildman–Crippen LogP) is -0.505. The summed E-state index contributed by atoms with van der Waals surface area (Å²) in [7, 11) is 0. The second kappa shape index (κ2) is 7.45. The van der Waals surface area contributed by atoms with Crippen LogP contribution in [-0.2, 0) is 14.4 Å². The van der Waals surface area contributed by atoms with E-state index in [9.17, 15) is 19.5 Å². The van der Waals surface area contributed by atoms with Gasteiger partial charge in [-0.3, -0.25) is 14.5 Å². The lowest BCUT2D eigenvalue weighted by Gasteiger charge is -2.48. The third-order valence-corrected chi connectivity index (χ3v) is 4.84. The molecule has 2 amide bonds. The second-order valence-corrected chi connectivity index (χ2v) is 6.26. The molecule has 2 aliphatic rings. The van der Waals surface area contributed by atoms with Gasteiger partial charge in [0.1, 0.15) is 22.9 Å². The third-order valence-electron chi connectivity index (χ3n) is 3.58. The predicted molar refractivity (Wildman–Crippen MR) is 87.9 cm³/mol. The van der Waals surface area contributed by atoms with E-state index in [1.165, 1.54) is 11.8 Å². The van der Waals surface area contributed by atoms with E-state index in [0.717, 1.165) is 4.90 Å². The Balaban J connectivity index is 0.00000225. The highest BCUT2D eigenvalue weighted by atomic mass is 32.2. The zero-order chi connectivity index (χ0) is 17.3. The van der Waals surface area contributed by atoms with Gasteiger partial charge in [0.25, 0.3) is 11.8 Å². The summed E-state index contributed by atoms with van der Waals surface area (Å²) >= 11 is 1.19. The van der Waals surface area contributed by atoms with Gasteiger partial charge in [0.05, 0.1) is 5.75 Å². The molecule has 0 aliphatic carbocycles. The number of aliphatic hydroxyl groups excluding tert-OH is 1. The number of aliphatic hydroxyl groups is 1. The van der Waals surface area contributed by atoms with Crippen molar-refractivity contribution in [2.75, 3.05) is 12.4 Å². The lowest BCUT2D eigenvalue weighted by atomic mass is 10.0. The molecular formula is C15H16N2O7S. The summed E-state index contributed by atoms with van der Waals surface area (Å²) < 4.78 is 5.30. The molecule has 1 fully saturated rings. The van der Waals surface area contributed by atoms with E-state index in [0.29, 0.717) is 5.75 Å². The maximum atomic E-state index is 12.1. The molecule has 0 spiro atoms. The van der Waals surface area contributed by atoms with Crippen LogP contribution in [0.2, 0.25) is 0 Å². The summed E-state index contributed by atoms with van der Waals surface area (Å²) in [6.07, 6.45) is 0. The lowest BCUT2D eigenvalue weighted by Crippen LogP contribution is -2.70. The molecule has 0 aromatic heterocycles. The molecule has 2 heterocycles. The fourth-order valence-corrected chi connectivity index (χ4v) is 3.68. The van der Waals surface area contributed by atoms with E-state index in [2.05, 4.69) is 5.32 Å². The Morgan fingerprint density at radius 1 is 1.32 bits per heavy atom. The van der Waals surface area contributed by atoms with E-state index in [1.54, 1.807) is 24.3 Å². The smallest absolute Gasteiger partial charge is 0.356 e. The molecule has 9 nitrogen and oxygen atoms in total. The number of aliphatic carboxylic acids is 1. The van der Waals surface area contributed by atoms with Crippen LogP contribution in [0.5, 0.6) is 5.75 Å². The summed E-state index contributed by atoms with van der Waals surface area (Å²) in [5, 5.41) is 20.7. The zero-order valence-corrected chi connectivity index (χ0v) is 13.7. The lowest BCUT2D eigenvalue weighted by molar-refractivity contribution is -0.151. The fourth-order valence-electron chi connectivity index (χ4n) is 2.48. The molecule has 10 heteroatoms. The molecule has 1 aromatic carbocycles. The van der Waals surface area contributed by atoms with Crippen LogP contribution in [0.15, 0.2) is 41.8 Å². The van der Waals surface area contributed by atoms with Gasteiger partial charge in [0.2, 0.25) is 0 Å². The van der Waals surface area contributed by atoms with Gasteiger partial charge in [-0.1, -0.05) is 18.2 Å². The molecule has 5 N–H and O–H groups in total. The number of thioether (sulfide) groups is 1. The van der Waals surface area contributed by atoms with E-state index < -0.39 is 34.9 Å². The van der Waals surface area contributed by atoms with Crippen molar-refractivity contribution in [1.29, 1.82) is 0 Å². The molecule has 2 aliphatic heterocycles. The van der Waals surface area contributed by atoms with Gasteiger partial charge in [0, 0.05) is 0 Å². The zero-order valence-electron chi connectivity index (χ0n) is 12.8. The number of benzene rings is 1. The van der Waals surface area contributed by atoms with Crippen LogP contribution in [0.25, 0.3) is 0 Å². The first-order chi connectivity index (χ1) is 11.5. The summed E-state index contributed by atoms with van der Waals surface area (Å²) in [6, 6.07) is 7.93. The Kier molecular flexibility index (Phi) is 5.55. The Morgan fingerprint density at radius 3 is 2.64 bits per heavy atom. The standard InChI is InChI=1S/C15H14N2O6S.H2O/c18-9-7-24-14-11(13(20)17(14)12(9)15(21)22)16-10(19)6-23-8-4-2-1-3-5-8;/h1-5,11,14,18H,6-7H2,(H,16,19)(H,21,22);1H2/t11-,14-;/m1./s1. The van der Waals surface area contributed by atoms with Gasteiger partial charge in [-0.25, -0.2) is 4.79 Å². The van der Waals surface area contributed by atoms with E-state index in [-0.39, 0.29) is 23.6 Å². The number of hydrogen-bond acceptors (Lipinski definition) is 6. The maximum absolute atomic E-state index is 12.1. The molecule has 0 unspecified atom stereocenters. The first-order valence-electron chi connectivity index (χ1n) is 7.06. The van der Waals surface area contributed by atoms with Crippen molar-refractivity contribution in [2.45, 2.75) is 11.4 Å². The number of β-lactam (4-membered cyclic amide) rings is 1. The molecular weight excluding hydrogens is 352 g/mol. The number of carboxylic acids is 1. The molecule has 134 valence electrons. The highest BCUT2D eigenvalue weighted by molar-refractivity contribution is 8.00. The van der Waals surface area contributed by atoms with E-state index in [4.69, 9.17) is 9.84 Å². The van der Waals surface area contributed by atoms with Crippen LogP contribution >= 0.6 is 11.8 Å². The Bertz CT molecular complexity index is 722. The van der Waals surface area contributed by atoms with Crippen LogP contribution in [0.1, 0.15) is 0 Å². The molecule has 1 saturated heterocycles. The van der Waals surface area contributed by atoms with Crippen molar-refractivity contribution < 1.29 is 34.8 Å². The number of nitrogens with zero attached hydrogens (tertiary/aromatic N) is 1. The molecule has 0 saturated carbocycles. The number of para-hydroxylation sites is 1. The number of carboxylic acid groups (broad SMARTS) is 1. The molecule has 3 rings (SSSR count). The van der Waals surface area contributed by atoms with E-state index >= 15 is 0 Å². The van der Waals surface area contributed by atoms with Crippen molar-refractivity contribution in [3.05, 3.63) is 41.8 Å². The van der Waals surface area contributed by atoms with E-state index in [1.807, 2.05) is 6.07 Å². The minimum atomic E-state index is -1.37. The van der Waals surface area contributed by atoms with Crippen LogP contribution in [-0.4, -0.2) is 62.1 Å². The van der Waals surface area contributed by atoms with Crippen molar-refractivity contribution in [2.24, 2.45) is 0 Å². The SMILES string of the molecule is O.O=C(COc1ccccc1)N[C@@H]1C(=O)N2C(C(=O)O)=C(O)CS[C@H]12. The first kappa shape index (κ1) is 18.6. The van der Waals surface area contributed by atoms with Crippen molar-refractivity contribution in [1.82, 2.24) is 10.2 Å². The Hall–Kier alpha value is -2.72. The minimum absolute atomic E-state index is 0. The minimum Gasteiger partial charge on any atom is -0.509 e. The summed E-state index contributed by atoms with van der Waals surface area (Å²) in [5.74, 6) is -2.17. The average Bonchev–Trinajstić information content (AvgIpc) is 2.58. The fraction of sp³-hybridized carbons (Fsp3) is 0.267. The summed E-state index contributed by atoms with van der Waals surface area (Å²) in [4.78, 5) is 36.2. The van der Waals surface area contributed by atoms with Crippen LogP contribution in [0, 0.1) is 0 Å². The van der Waals surface area contributed by atoms with Gasteiger partial charge in [-0.15, -0.1) is 11.8 Å². The first-order valence-corrected chi connectivity index (χ1v) is 8.11. The summed E-state index contributed by atoms with van der Waals surface area (Å²) in [6.45, 7) is -0.252. The van der Waals surface area contributed by atoms with Gasteiger partial charge in [0.15, 0.2) is 12.3 Å². The highest BCUT2D eigenvalue weighted by Crippen LogP contribution is 2.39. The number of ether oxygens (including phenoxy) is 1. The normalized spacial score (nSPS) is 21.6. The topological polar surface area (TPSA) is 148 Å². The van der Waals surface area contributed by atoms with Crippen molar-refractivity contribution >= 4 is 29.5 Å². The Labute approximate surface area is 146 Å². The number of fused-ring (bicyclic) bond motifs is 1. The molecule has 25 heavy (non-hydrogen) atoms. The quantitative estimate of drug-likeness (QED) is 0.593. The van der Waals surface area contributed by atoms with Gasteiger partial charge >= 0.3 is 5.97 Å². The number of rotatable bonds is 5. The molecule has 0 radical (unpaired) electrons. The van der Waals surface area contributed by atoms with Gasteiger partial charge < -0.3 is 25.7 Å².